The summed E-state index contributed by atoms with van der Waals surface area (Å²) < 4.78 is 13.6. The van der Waals surface area contributed by atoms with Gasteiger partial charge in [-0.3, -0.25) is 0 Å². The molecule has 0 bridgehead atoms. The first kappa shape index (κ1) is 13.4. The number of thiophene rings is 1. The number of rotatable bonds is 4. The van der Waals surface area contributed by atoms with Crippen LogP contribution in [0.3, 0.4) is 0 Å². The van der Waals surface area contributed by atoms with Crippen molar-refractivity contribution in [3.63, 3.8) is 0 Å². The zero-order valence-electron chi connectivity index (χ0n) is 9.97. The molecule has 0 radical (unpaired) electrons. The minimum atomic E-state index is -0.345. The number of halogens is 2. The monoisotopic (exact) mass is 328 g/mol. The summed E-state index contributed by atoms with van der Waals surface area (Å²) >= 11 is 4.93. The zero-order valence-corrected chi connectivity index (χ0v) is 12.4. The van der Waals surface area contributed by atoms with Gasteiger partial charge in [0, 0.05) is 22.4 Å². The van der Waals surface area contributed by atoms with Crippen LogP contribution in [0.5, 0.6) is 0 Å². The predicted octanol–water partition coefficient (Wildman–Crippen LogP) is 4.41. The molecule has 0 fully saturated rings. The molecule has 0 spiro atoms. The Morgan fingerprint density at radius 2 is 2.06 bits per heavy atom. The Balaban J connectivity index is 2.08. The number of hydrogen-bond donors (Lipinski definition) is 2. The second-order valence-electron chi connectivity index (χ2n) is 3.93. The van der Waals surface area contributed by atoms with Crippen molar-refractivity contribution < 1.29 is 4.39 Å². The van der Waals surface area contributed by atoms with Crippen molar-refractivity contribution in [3.05, 3.63) is 44.3 Å². The first-order chi connectivity index (χ1) is 8.60. The van der Waals surface area contributed by atoms with E-state index in [1.54, 1.807) is 17.4 Å². The fourth-order valence-corrected chi connectivity index (χ4v) is 2.85. The molecule has 5 heteroatoms. The lowest BCUT2D eigenvalue weighted by Crippen LogP contribution is -2.02. The highest BCUT2D eigenvalue weighted by Crippen LogP contribution is 2.27. The molecule has 0 atom stereocenters. The largest absolute Gasteiger partial charge is 0.397 e. The van der Waals surface area contributed by atoms with E-state index in [1.807, 2.05) is 0 Å². The van der Waals surface area contributed by atoms with E-state index in [4.69, 9.17) is 5.73 Å². The molecule has 1 aromatic heterocycles. The topological polar surface area (TPSA) is 38.0 Å². The summed E-state index contributed by atoms with van der Waals surface area (Å²) in [5, 5.41) is 3.22. The quantitative estimate of drug-likeness (QED) is 0.816. The van der Waals surface area contributed by atoms with Crippen molar-refractivity contribution in [2.75, 3.05) is 11.1 Å². The van der Waals surface area contributed by atoms with Crippen molar-refractivity contribution in [3.8, 4) is 0 Å². The Hall–Kier alpha value is -1.07. The fraction of sp³-hybridized carbons (Fsp3) is 0.231. The lowest BCUT2D eigenvalue weighted by molar-refractivity contribution is 0.622. The Labute approximate surface area is 118 Å². The minimum absolute atomic E-state index is 0.345. The number of hydrogen-bond acceptors (Lipinski definition) is 3. The summed E-state index contributed by atoms with van der Waals surface area (Å²) in [5.41, 5.74) is 6.93. The molecule has 0 aliphatic carbocycles. The fourth-order valence-electron chi connectivity index (χ4n) is 1.61. The van der Waals surface area contributed by atoms with Crippen molar-refractivity contribution in [2.45, 2.75) is 19.9 Å². The van der Waals surface area contributed by atoms with Crippen LogP contribution in [0.15, 0.2) is 28.7 Å². The van der Waals surface area contributed by atoms with Crippen LogP contribution >= 0.6 is 27.3 Å². The maximum atomic E-state index is 13.2. The van der Waals surface area contributed by atoms with Crippen molar-refractivity contribution in [2.24, 2.45) is 0 Å². The third-order valence-corrected chi connectivity index (χ3v) is 4.45. The number of nitrogen functional groups attached to an aromatic ring is 1. The molecule has 1 aromatic carbocycles. The molecule has 0 saturated carbocycles. The highest BCUT2D eigenvalue weighted by atomic mass is 79.9. The van der Waals surface area contributed by atoms with Gasteiger partial charge >= 0.3 is 0 Å². The first-order valence-corrected chi connectivity index (χ1v) is 7.27. The molecular formula is C13H14BrFN2S. The highest BCUT2D eigenvalue weighted by molar-refractivity contribution is 9.10. The Bertz CT molecular complexity index is 554. The summed E-state index contributed by atoms with van der Waals surface area (Å²) in [7, 11) is 0. The summed E-state index contributed by atoms with van der Waals surface area (Å²) in [4.78, 5) is 2.60. The Morgan fingerprint density at radius 1 is 1.33 bits per heavy atom. The van der Waals surface area contributed by atoms with Crippen LogP contribution in [-0.4, -0.2) is 0 Å². The molecule has 0 saturated heterocycles. The van der Waals surface area contributed by atoms with E-state index in [0.717, 1.165) is 12.1 Å². The van der Waals surface area contributed by atoms with Crippen LogP contribution < -0.4 is 11.1 Å². The molecule has 2 aromatic rings. The lowest BCUT2D eigenvalue weighted by atomic mass is 10.2. The highest BCUT2D eigenvalue weighted by Gasteiger charge is 2.06. The lowest BCUT2D eigenvalue weighted by Gasteiger charge is -2.09. The third-order valence-electron chi connectivity index (χ3n) is 2.61. The molecule has 96 valence electrons. The van der Waals surface area contributed by atoms with Gasteiger partial charge in [-0.1, -0.05) is 6.92 Å². The second kappa shape index (κ2) is 5.71. The molecular weight excluding hydrogens is 315 g/mol. The van der Waals surface area contributed by atoms with Crippen LogP contribution in [-0.2, 0) is 13.0 Å². The number of aryl methyl sites for hydroxylation is 1. The van der Waals surface area contributed by atoms with Gasteiger partial charge < -0.3 is 11.1 Å². The van der Waals surface area contributed by atoms with Crippen LogP contribution in [0.4, 0.5) is 15.8 Å². The Kier molecular flexibility index (Phi) is 4.24. The van der Waals surface area contributed by atoms with Crippen molar-refractivity contribution in [1.29, 1.82) is 0 Å². The van der Waals surface area contributed by atoms with Crippen LogP contribution in [0.1, 0.15) is 16.7 Å². The molecule has 0 aliphatic rings. The van der Waals surface area contributed by atoms with Gasteiger partial charge in [-0.15, -0.1) is 11.3 Å². The number of benzene rings is 1. The van der Waals surface area contributed by atoms with Crippen LogP contribution in [0.25, 0.3) is 0 Å². The number of nitrogens with two attached hydrogens (primary N) is 1. The molecule has 0 amide bonds. The SMILES string of the molecule is CCc1ccc(CNc2cc(Br)c(F)cc2N)s1. The molecule has 18 heavy (non-hydrogen) atoms. The number of anilines is 2. The van der Waals surface area contributed by atoms with E-state index >= 15 is 0 Å². The smallest absolute Gasteiger partial charge is 0.139 e. The third kappa shape index (κ3) is 3.03. The average molecular weight is 329 g/mol. The molecule has 1 heterocycles. The molecule has 0 unspecified atom stereocenters. The second-order valence-corrected chi connectivity index (χ2v) is 6.04. The summed E-state index contributed by atoms with van der Waals surface area (Å²) in [6.45, 7) is 2.84. The van der Waals surface area contributed by atoms with Crippen LogP contribution in [0.2, 0.25) is 0 Å². The van der Waals surface area contributed by atoms with Gasteiger partial charge in [-0.2, -0.15) is 0 Å². The zero-order chi connectivity index (χ0) is 13.1. The first-order valence-electron chi connectivity index (χ1n) is 5.66. The van der Waals surface area contributed by atoms with Gasteiger partial charge in [0.2, 0.25) is 0 Å². The van der Waals surface area contributed by atoms with Gasteiger partial charge in [0.1, 0.15) is 5.82 Å². The predicted molar refractivity (Wildman–Crippen MR) is 79.5 cm³/mol. The molecule has 2 nitrogen and oxygen atoms in total. The summed E-state index contributed by atoms with van der Waals surface area (Å²) in [5.74, 6) is -0.345. The van der Waals surface area contributed by atoms with Crippen LogP contribution in [0, 0.1) is 5.82 Å². The normalized spacial score (nSPS) is 10.6. The van der Waals surface area contributed by atoms with Crippen molar-refractivity contribution in [1.82, 2.24) is 0 Å². The molecule has 0 aliphatic heterocycles. The van der Waals surface area contributed by atoms with Gasteiger partial charge in [0.05, 0.1) is 15.8 Å². The molecule has 2 rings (SSSR count). The minimum Gasteiger partial charge on any atom is -0.397 e. The average Bonchev–Trinajstić information content (AvgIpc) is 2.80. The van der Waals surface area contributed by atoms with E-state index in [-0.39, 0.29) is 5.82 Å². The summed E-state index contributed by atoms with van der Waals surface area (Å²) in [6.07, 6.45) is 1.05. The van der Waals surface area contributed by atoms with Crippen molar-refractivity contribution >= 4 is 38.6 Å². The van der Waals surface area contributed by atoms with E-state index in [9.17, 15) is 4.39 Å². The maximum absolute atomic E-state index is 13.2. The van der Waals surface area contributed by atoms with Gasteiger partial charge in [0.25, 0.3) is 0 Å². The van der Waals surface area contributed by atoms with E-state index < -0.39 is 0 Å². The van der Waals surface area contributed by atoms with Gasteiger partial charge in [-0.05, 0) is 40.5 Å². The van der Waals surface area contributed by atoms with Gasteiger partial charge in [-0.25, -0.2) is 4.39 Å². The van der Waals surface area contributed by atoms with E-state index in [1.165, 1.54) is 15.8 Å². The maximum Gasteiger partial charge on any atom is 0.139 e. The summed E-state index contributed by atoms with van der Waals surface area (Å²) in [6, 6.07) is 7.22. The Morgan fingerprint density at radius 3 is 2.72 bits per heavy atom. The standard InChI is InChI=1S/C13H14BrFN2S/c1-2-8-3-4-9(18-8)7-17-13-5-10(14)11(15)6-12(13)16/h3-6,17H,2,7,16H2,1H3. The molecule has 3 N–H and O–H groups in total. The number of nitrogens with one attached hydrogen (secondary N) is 1. The van der Waals surface area contributed by atoms with E-state index in [2.05, 4.69) is 40.3 Å². The van der Waals surface area contributed by atoms with E-state index in [0.29, 0.717) is 16.7 Å². The van der Waals surface area contributed by atoms with Gasteiger partial charge in [0.15, 0.2) is 0 Å².